The Balaban J connectivity index is 2.48. The predicted octanol–water partition coefficient (Wildman–Crippen LogP) is -0.318. The Morgan fingerprint density at radius 1 is 1.18 bits per heavy atom. The van der Waals surface area contributed by atoms with Crippen LogP contribution in [0.4, 0.5) is 4.39 Å². The van der Waals surface area contributed by atoms with Crippen molar-refractivity contribution in [2.75, 3.05) is 0 Å². The zero-order valence-corrected chi connectivity index (χ0v) is 14.3. The maximum Gasteiger partial charge on any atom is 0.501 e. The van der Waals surface area contributed by atoms with Crippen LogP contribution in [0.1, 0.15) is 33.3 Å². The highest BCUT2D eigenvalue weighted by Gasteiger charge is 2.53. The number of ether oxygens (including phenoxy) is 1. The Kier molecular flexibility index (Phi) is 4.18. The summed E-state index contributed by atoms with van der Waals surface area (Å²) in [7, 11) is 2.08. The summed E-state index contributed by atoms with van der Waals surface area (Å²) in [5, 5.41) is 9.88. The number of benzene rings is 1. The third kappa shape index (κ3) is 3.19. The van der Waals surface area contributed by atoms with Crippen molar-refractivity contribution in [1.29, 1.82) is 0 Å². The number of aryl methyl sites for hydroxylation is 1. The van der Waals surface area contributed by atoms with E-state index in [1.165, 1.54) is 15.7 Å². The fourth-order valence-corrected chi connectivity index (χ4v) is 2.22. The molecule has 22 heavy (non-hydrogen) atoms. The van der Waals surface area contributed by atoms with Gasteiger partial charge in [0.25, 0.3) is 0 Å². The van der Waals surface area contributed by atoms with Gasteiger partial charge in [-0.2, -0.15) is 0 Å². The average molecular weight is 306 g/mol. The van der Waals surface area contributed by atoms with Crippen LogP contribution in [0, 0.1) is 12.7 Å². The first-order valence-corrected chi connectivity index (χ1v) is 7.40. The monoisotopic (exact) mass is 306 g/mol. The normalized spacial score (nSPS) is 20.2. The topological polar surface area (TPSA) is 47.9 Å². The van der Waals surface area contributed by atoms with Gasteiger partial charge in [0.1, 0.15) is 17.2 Å². The number of hydrogen-bond donors (Lipinski definition) is 1. The van der Waals surface area contributed by atoms with E-state index in [2.05, 4.69) is 0 Å². The lowest BCUT2D eigenvalue weighted by Crippen LogP contribution is -2.43. The highest BCUT2D eigenvalue weighted by Crippen LogP contribution is 2.37. The molecule has 2 rings (SSSR count). The second kappa shape index (κ2) is 5.29. The summed E-state index contributed by atoms with van der Waals surface area (Å²) >= 11 is 0. The lowest BCUT2D eigenvalue weighted by atomic mass is 9.74. The molecule has 1 saturated heterocycles. The maximum absolute atomic E-state index is 14.7. The van der Waals surface area contributed by atoms with Crippen LogP contribution in [-0.2, 0) is 9.31 Å². The summed E-state index contributed by atoms with van der Waals surface area (Å²) < 4.78 is 32.0. The molecule has 8 heteroatoms. The van der Waals surface area contributed by atoms with Crippen molar-refractivity contribution >= 4 is 28.3 Å². The largest absolute Gasteiger partial charge is 0.501 e. The Bertz CT molecular complexity index is 568. The average Bonchev–Trinajstić information content (AvgIpc) is 2.51. The van der Waals surface area contributed by atoms with Gasteiger partial charge < -0.3 is 19.2 Å². The van der Waals surface area contributed by atoms with Gasteiger partial charge in [-0.25, -0.2) is 4.39 Å². The van der Waals surface area contributed by atoms with E-state index >= 15 is 0 Å². The molecular formula is C14H22B3FO4. The summed E-state index contributed by atoms with van der Waals surface area (Å²) in [5.74, 6) is -0.227. The minimum atomic E-state index is -1.43. The highest BCUT2D eigenvalue weighted by molar-refractivity contribution is 6.63. The fraction of sp³-hybridized carbons (Fsp3) is 0.571. The summed E-state index contributed by atoms with van der Waals surface area (Å²) in [5.41, 5.74) is -1.95. The molecule has 0 radical (unpaired) electrons. The van der Waals surface area contributed by atoms with Gasteiger partial charge in [0.2, 0.25) is 0 Å². The second-order valence-electron chi connectivity index (χ2n) is 7.25. The quantitative estimate of drug-likeness (QED) is 0.614. The van der Waals surface area contributed by atoms with Crippen molar-refractivity contribution in [3.63, 3.8) is 0 Å². The summed E-state index contributed by atoms with van der Waals surface area (Å²) in [6.45, 7) is 9.26. The van der Waals surface area contributed by atoms with E-state index in [-0.39, 0.29) is 11.2 Å². The molecule has 1 N–H and O–H groups in total. The van der Waals surface area contributed by atoms with E-state index in [9.17, 15) is 9.50 Å². The van der Waals surface area contributed by atoms with Crippen LogP contribution in [-0.4, -0.2) is 44.7 Å². The van der Waals surface area contributed by atoms with Crippen molar-refractivity contribution in [2.45, 2.75) is 51.4 Å². The van der Waals surface area contributed by atoms with Crippen LogP contribution in [0.5, 0.6) is 5.75 Å². The van der Waals surface area contributed by atoms with Crippen LogP contribution >= 0.6 is 0 Å². The van der Waals surface area contributed by atoms with Crippen LogP contribution < -0.4 is 10.2 Å². The molecular weight excluding hydrogens is 284 g/mol. The molecule has 1 heterocycles. The van der Waals surface area contributed by atoms with E-state index < -0.39 is 29.7 Å². The first kappa shape index (κ1) is 17.4. The fourth-order valence-electron chi connectivity index (χ4n) is 2.22. The van der Waals surface area contributed by atoms with Gasteiger partial charge in [0, 0.05) is 0 Å². The van der Waals surface area contributed by atoms with Gasteiger partial charge >= 0.3 is 7.12 Å². The zero-order chi connectivity index (χ0) is 16.9. The van der Waals surface area contributed by atoms with Crippen LogP contribution in [0.15, 0.2) is 12.1 Å². The highest BCUT2D eigenvalue weighted by atomic mass is 19.1. The Hall–Kier alpha value is -0.975. The van der Waals surface area contributed by atoms with Crippen molar-refractivity contribution in [2.24, 2.45) is 0 Å². The molecule has 1 aromatic rings. The van der Waals surface area contributed by atoms with E-state index in [0.717, 1.165) is 0 Å². The molecule has 0 spiro atoms. The third-order valence-electron chi connectivity index (χ3n) is 4.18. The molecule has 0 amide bonds. The lowest BCUT2D eigenvalue weighted by Gasteiger charge is -2.32. The Morgan fingerprint density at radius 2 is 1.68 bits per heavy atom. The number of aliphatic hydroxyl groups is 1. The van der Waals surface area contributed by atoms with Crippen molar-refractivity contribution in [1.82, 2.24) is 0 Å². The SMILES string of the molecule is BC(B)(O)Oc1ccc(C)c(F)c1B1OC(C)(C)C(C)(C)O1. The summed E-state index contributed by atoms with van der Waals surface area (Å²) in [6.07, 6.45) is 0. The predicted molar refractivity (Wildman–Crippen MR) is 89.5 cm³/mol. The van der Waals surface area contributed by atoms with Crippen molar-refractivity contribution in [3.05, 3.63) is 23.5 Å². The van der Waals surface area contributed by atoms with E-state index in [1.54, 1.807) is 19.1 Å². The molecule has 0 aliphatic carbocycles. The number of halogens is 1. The zero-order valence-electron chi connectivity index (χ0n) is 14.3. The molecule has 1 aromatic carbocycles. The molecule has 118 valence electrons. The molecule has 0 unspecified atom stereocenters. The second-order valence-corrected chi connectivity index (χ2v) is 7.25. The van der Waals surface area contributed by atoms with E-state index in [0.29, 0.717) is 5.56 Å². The number of rotatable bonds is 3. The molecule has 0 saturated carbocycles. The third-order valence-corrected chi connectivity index (χ3v) is 4.18. The van der Waals surface area contributed by atoms with Gasteiger partial charge in [-0.1, -0.05) is 6.07 Å². The lowest BCUT2D eigenvalue weighted by molar-refractivity contribution is 0.00578. The van der Waals surface area contributed by atoms with E-state index in [4.69, 9.17) is 14.0 Å². The molecule has 1 aliphatic heterocycles. The smallest absolute Gasteiger partial charge is 0.480 e. The number of hydrogen-bond acceptors (Lipinski definition) is 4. The minimum Gasteiger partial charge on any atom is -0.480 e. The van der Waals surface area contributed by atoms with Gasteiger partial charge in [-0.05, 0) is 46.2 Å². The molecule has 4 nitrogen and oxygen atoms in total. The standard InChI is InChI=1S/C14H22B3FO4/c1-8-6-7-9(20-14(15,16)19)10(11(8)18)17-21-12(2,3)13(4,5)22-17/h6-7,19H,15-16H2,1-5H3. The van der Waals surface area contributed by atoms with Gasteiger partial charge in [0.15, 0.2) is 15.7 Å². The van der Waals surface area contributed by atoms with Gasteiger partial charge in [-0.3, -0.25) is 0 Å². The molecule has 0 bridgehead atoms. The van der Waals surface area contributed by atoms with Crippen molar-refractivity contribution < 1.29 is 23.5 Å². The van der Waals surface area contributed by atoms with Crippen molar-refractivity contribution in [3.8, 4) is 5.75 Å². The van der Waals surface area contributed by atoms with Crippen LogP contribution in [0.2, 0.25) is 0 Å². The summed E-state index contributed by atoms with van der Waals surface area (Å²) in [4.78, 5) is 0. The Labute approximate surface area is 133 Å². The first-order chi connectivity index (χ1) is 9.84. The summed E-state index contributed by atoms with van der Waals surface area (Å²) in [6, 6.07) is 3.22. The van der Waals surface area contributed by atoms with E-state index in [1.807, 2.05) is 27.7 Å². The van der Waals surface area contributed by atoms with Crippen LogP contribution in [0.3, 0.4) is 0 Å². The first-order valence-electron chi connectivity index (χ1n) is 7.40. The molecule has 0 aromatic heterocycles. The van der Waals surface area contributed by atoms with Gasteiger partial charge in [0.05, 0.1) is 16.7 Å². The van der Waals surface area contributed by atoms with Crippen LogP contribution in [0.25, 0.3) is 0 Å². The molecule has 0 atom stereocenters. The maximum atomic E-state index is 14.7. The Morgan fingerprint density at radius 3 is 2.14 bits per heavy atom. The van der Waals surface area contributed by atoms with Gasteiger partial charge in [-0.15, -0.1) is 0 Å². The molecule has 1 aliphatic rings. The molecule has 1 fully saturated rings. The minimum absolute atomic E-state index is 0.181.